The van der Waals surface area contributed by atoms with Crippen molar-refractivity contribution < 1.29 is 38.3 Å². The number of benzene rings is 1. The maximum atomic E-state index is 12.9. The first-order valence-electron chi connectivity index (χ1n) is 14.4. The van der Waals surface area contributed by atoms with Gasteiger partial charge in [0.15, 0.2) is 0 Å². The van der Waals surface area contributed by atoms with Crippen molar-refractivity contribution >= 4 is 6.09 Å². The highest BCUT2D eigenvalue weighted by Crippen LogP contribution is 2.54. The number of hydrogen-bond donors (Lipinski definition) is 1. The van der Waals surface area contributed by atoms with Crippen LogP contribution in [0, 0.1) is 5.92 Å². The number of rotatable bonds is 9. The van der Waals surface area contributed by atoms with Gasteiger partial charge in [-0.3, -0.25) is 0 Å². The van der Waals surface area contributed by atoms with E-state index in [1.54, 1.807) is 4.90 Å². The number of hydrogen-bond acceptors (Lipinski definition) is 8. The number of carbonyl (C=O) groups excluding carboxylic acids is 1. The third-order valence-corrected chi connectivity index (χ3v) is 7.73. The highest BCUT2D eigenvalue weighted by atomic mass is 16.6. The van der Waals surface area contributed by atoms with Crippen LogP contribution in [0.5, 0.6) is 11.5 Å². The van der Waals surface area contributed by atoms with Crippen LogP contribution in [-0.4, -0.2) is 85.6 Å². The molecule has 1 amide bonds. The van der Waals surface area contributed by atoms with Crippen molar-refractivity contribution in [2.45, 2.75) is 83.7 Å². The summed E-state index contributed by atoms with van der Waals surface area (Å²) in [6.45, 7) is 14.8. The van der Waals surface area contributed by atoms with Gasteiger partial charge in [-0.15, -0.1) is 0 Å². The molecular formula is C31H47NO8. The quantitative estimate of drug-likeness (QED) is 0.330. The van der Waals surface area contributed by atoms with Crippen LogP contribution in [0.3, 0.4) is 0 Å². The lowest BCUT2D eigenvalue weighted by molar-refractivity contribution is -0.231. The van der Waals surface area contributed by atoms with Crippen LogP contribution in [-0.2, 0) is 18.9 Å². The van der Waals surface area contributed by atoms with Gasteiger partial charge in [0, 0.05) is 24.1 Å². The first-order valence-corrected chi connectivity index (χ1v) is 14.4. The Kier molecular flexibility index (Phi) is 9.70. The minimum absolute atomic E-state index is 0.00801. The van der Waals surface area contributed by atoms with Gasteiger partial charge in [-0.25, -0.2) is 4.79 Å². The van der Waals surface area contributed by atoms with E-state index in [9.17, 15) is 4.79 Å². The van der Waals surface area contributed by atoms with Crippen molar-refractivity contribution in [3.63, 3.8) is 0 Å². The molecule has 3 aliphatic rings. The monoisotopic (exact) mass is 561 g/mol. The van der Waals surface area contributed by atoms with E-state index in [0.717, 1.165) is 24.2 Å². The number of morpholine rings is 1. The van der Waals surface area contributed by atoms with Crippen LogP contribution in [0.1, 0.15) is 72.5 Å². The fraction of sp³-hybridized carbons (Fsp3) is 0.710. The van der Waals surface area contributed by atoms with Crippen molar-refractivity contribution in [3.8, 4) is 11.5 Å². The van der Waals surface area contributed by atoms with Gasteiger partial charge in [-0.1, -0.05) is 11.6 Å². The van der Waals surface area contributed by atoms with E-state index < -0.39 is 16.8 Å². The van der Waals surface area contributed by atoms with Gasteiger partial charge >= 0.3 is 6.09 Å². The molecule has 4 rings (SSSR count). The Labute approximate surface area is 238 Å². The van der Waals surface area contributed by atoms with E-state index in [1.165, 1.54) is 5.57 Å². The van der Waals surface area contributed by atoms with E-state index in [2.05, 4.69) is 26.8 Å². The molecule has 1 N–H and O–H groups in total. The predicted molar refractivity (Wildman–Crippen MR) is 151 cm³/mol. The Bertz CT molecular complexity index is 1050. The second kappa shape index (κ2) is 12.7. The number of carbonyl (C=O) groups is 1. The fourth-order valence-electron chi connectivity index (χ4n) is 5.83. The molecule has 1 spiro atoms. The van der Waals surface area contributed by atoms with Gasteiger partial charge in [0.1, 0.15) is 34.9 Å². The van der Waals surface area contributed by atoms with Gasteiger partial charge in [-0.05, 0) is 72.9 Å². The third kappa shape index (κ3) is 7.49. The fourth-order valence-corrected chi connectivity index (χ4v) is 5.83. The molecule has 40 heavy (non-hydrogen) atoms. The molecular weight excluding hydrogens is 514 g/mol. The molecule has 1 aromatic rings. The molecule has 1 aromatic carbocycles. The second-order valence-electron chi connectivity index (χ2n) is 12.6. The minimum Gasteiger partial charge on any atom is -0.491 e. The van der Waals surface area contributed by atoms with E-state index in [-0.39, 0.29) is 24.7 Å². The van der Waals surface area contributed by atoms with Crippen LogP contribution in [0.2, 0.25) is 0 Å². The Morgan fingerprint density at radius 1 is 1.23 bits per heavy atom. The molecule has 0 bridgehead atoms. The van der Waals surface area contributed by atoms with E-state index in [4.69, 9.17) is 33.5 Å². The SMILES string of the molecule is CC(C)=CCC[C@@]1(C)Oc2cc(OCCOCCO)ccc2[C@H]2OC[C@@]3(C[C@@H]21)CN(C(=O)OC(C)(C)C)CCO3. The van der Waals surface area contributed by atoms with Gasteiger partial charge in [-0.2, -0.15) is 0 Å². The van der Waals surface area contributed by atoms with Gasteiger partial charge < -0.3 is 38.4 Å². The molecule has 0 aliphatic carbocycles. The number of aliphatic hydroxyl groups is 1. The molecule has 0 aromatic heterocycles. The Hall–Kier alpha value is -2.33. The van der Waals surface area contributed by atoms with E-state index in [1.807, 2.05) is 39.0 Å². The summed E-state index contributed by atoms with van der Waals surface area (Å²) in [5.74, 6) is 1.49. The molecule has 0 radical (unpaired) electrons. The number of aliphatic hydroxyl groups excluding tert-OH is 1. The summed E-state index contributed by atoms with van der Waals surface area (Å²) in [4.78, 5) is 14.7. The molecule has 2 saturated heterocycles. The van der Waals surface area contributed by atoms with Crippen molar-refractivity contribution in [2.75, 3.05) is 52.7 Å². The number of amides is 1. The number of allylic oxidation sites excluding steroid dienone is 2. The molecule has 0 saturated carbocycles. The zero-order chi connectivity index (χ0) is 29.0. The molecule has 3 heterocycles. The van der Waals surface area contributed by atoms with Gasteiger partial charge in [0.2, 0.25) is 0 Å². The summed E-state index contributed by atoms with van der Waals surface area (Å²) >= 11 is 0. The van der Waals surface area contributed by atoms with E-state index >= 15 is 0 Å². The molecule has 9 nitrogen and oxygen atoms in total. The molecule has 4 atom stereocenters. The Morgan fingerprint density at radius 2 is 2.02 bits per heavy atom. The molecule has 224 valence electrons. The number of ether oxygens (including phenoxy) is 6. The maximum absolute atomic E-state index is 12.9. The topological polar surface area (TPSA) is 95.9 Å². The highest BCUT2D eigenvalue weighted by molar-refractivity contribution is 5.68. The number of fused-ring (bicyclic) bond motifs is 3. The molecule has 2 fully saturated rings. The summed E-state index contributed by atoms with van der Waals surface area (Å²) in [6.07, 6.45) is 4.17. The van der Waals surface area contributed by atoms with Crippen molar-refractivity contribution in [2.24, 2.45) is 5.92 Å². The largest absolute Gasteiger partial charge is 0.491 e. The normalized spacial score (nSPS) is 27.8. The van der Waals surface area contributed by atoms with E-state index in [0.29, 0.717) is 58.3 Å². The molecule has 3 aliphatic heterocycles. The molecule has 9 heteroatoms. The number of nitrogens with zero attached hydrogens (tertiary/aromatic N) is 1. The smallest absolute Gasteiger partial charge is 0.410 e. The van der Waals surface area contributed by atoms with Crippen LogP contribution in [0.15, 0.2) is 29.8 Å². The van der Waals surface area contributed by atoms with Crippen molar-refractivity contribution in [3.05, 3.63) is 35.4 Å². The van der Waals surface area contributed by atoms with Crippen LogP contribution >= 0.6 is 0 Å². The summed E-state index contributed by atoms with van der Waals surface area (Å²) in [5, 5.41) is 8.88. The lowest BCUT2D eigenvalue weighted by Crippen LogP contribution is -2.63. The molecule has 0 unspecified atom stereocenters. The van der Waals surface area contributed by atoms with Crippen molar-refractivity contribution in [1.29, 1.82) is 0 Å². The summed E-state index contributed by atoms with van der Waals surface area (Å²) in [6, 6.07) is 5.90. The zero-order valence-corrected chi connectivity index (χ0v) is 25.0. The lowest BCUT2D eigenvalue weighted by Gasteiger charge is -2.55. The first kappa shape index (κ1) is 30.6. The highest BCUT2D eigenvalue weighted by Gasteiger charge is 2.55. The standard InChI is InChI=1S/C31H47NO8/c1-22(2)8-7-11-30(6)25-19-31(20-32(12-14-38-31)28(34)40-29(3,4)5)21-37-27(25)24-10-9-23(18-26(24)39-30)36-17-16-35-15-13-33/h8-10,18,25,27,33H,7,11-17,19-21H2,1-6H3/t25-,27+,30+,31+/m0/s1. The summed E-state index contributed by atoms with van der Waals surface area (Å²) < 4.78 is 36.7. The Balaban J connectivity index is 1.55. The van der Waals surface area contributed by atoms with Crippen LogP contribution in [0.4, 0.5) is 4.79 Å². The average Bonchev–Trinajstić information content (AvgIpc) is 2.87. The Morgan fingerprint density at radius 3 is 2.75 bits per heavy atom. The van der Waals surface area contributed by atoms with Gasteiger partial charge in [0.05, 0.1) is 45.7 Å². The zero-order valence-electron chi connectivity index (χ0n) is 25.0. The van der Waals surface area contributed by atoms with Gasteiger partial charge in [0.25, 0.3) is 0 Å². The third-order valence-electron chi connectivity index (χ3n) is 7.73. The minimum atomic E-state index is -0.618. The average molecular weight is 562 g/mol. The van der Waals surface area contributed by atoms with Crippen LogP contribution in [0.25, 0.3) is 0 Å². The second-order valence-corrected chi connectivity index (χ2v) is 12.6. The van der Waals surface area contributed by atoms with Crippen molar-refractivity contribution in [1.82, 2.24) is 4.90 Å². The predicted octanol–water partition coefficient (Wildman–Crippen LogP) is 5.06. The van der Waals surface area contributed by atoms with Crippen LogP contribution < -0.4 is 9.47 Å². The summed E-state index contributed by atoms with van der Waals surface area (Å²) in [5.41, 5.74) is 0.582. The first-order chi connectivity index (χ1) is 18.9. The summed E-state index contributed by atoms with van der Waals surface area (Å²) in [7, 11) is 0. The maximum Gasteiger partial charge on any atom is 0.410 e. The lowest BCUT2D eigenvalue weighted by atomic mass is 9.69.